The van der Waals surface area contributed by atoms with Crippen molar-refractivity contribution >= 4 is 13.3 Å². The predicted molar refractivity (Wildman–Crippen MR) is 63.0 cm³/mol. The summed E-state index contributed by atoms with van der Waals surface area (Å²) in [6.45, 7) is 9.13. The molecular weight excluding hydrogens is 172 g/mol. The summed E-state index contributed by atoms with van der Waals surface area (Å²) in [4.78, 5) is 0. The normalized spacial score (nSPS) is 11.1. The molecule has 1 rings (SSSR count). The SMILES string of the molecule is CC(C)=C[Si](C)(C)c1ccccc1. The first-order chi connectivity index (χ1) is 6.02. The molecule has 0 heterocycles. The fourth-order valence-corrected chi connectivity index (χ4v) is 4.33. The molecule has 0 spiro atoms. The van der Waals surface area contributed by atoms with Crippen LogP contribution in [0.15, 0.2) is 41.6 Å². The van der Waals surface area contributed by atoms with Crippen molar-refractivity contribution in [2.45, 2.75) is 26.9 Å². The van der Waals surface area contributed by atoms with Gasteiger partial charge in [-0.1, -0.05) is 59.9 Å². The molecule has 1 aromatic carbocycles. The minimum absolute atomic E-state index is 1.30. The summed E-state index contributed by atoms with van der Waals surface area (Å²) in [6.07, 6.45) is 0. The average molecular weight is 190 g/mol. The van der Waals surface area contributed by atoms with Gasteiger partial charge in [0.2, 0.25) is 0 Å². The number of benzene rings is 1. The zero-order valence-corrected chi connectivity index (χ0v) is 9.96. The molecule has 0 atom stereocenters. The van der Waals surface area contributed by atoms with Crippen molar-refractivity contribution in [3.05, 3.63) is 41.6 Å². The zero-order chi connectivity index (χ0) is 9.90. The molecule has 0 unspecified atom stereocenters. The first kappa shape index (κ1) is 10.3. The summed E-state index contributed by atoms with van der Waals surface area (Å²) in [6, 6.07) is 10.8. The Morgan fingerprint density at radius 2 is 1.62 bits per heavy atom. The summed E-state index contributed by atoms with van der Waals surface area (Å²) in [5.41, 5.74) is 3.88. The van der Waals surface area contributed by atoms with E-state index >= 15 is 0 Å². The molecule has 0 amide bonds. The van der Waals surface area contributed by atoms with Crippen LogP contribution in [0, 0.1) is 0 Å². The standard InChI is InChI=1S/C12H18Si/c1-11(2)10-13(3,4)12-8-6-5-7-9-12/h5-10H,1-4H3. The van der Waals surface area contributed by atoms with E-state index in [0.29, 0.717) is 0 Å². The second kappa shape index (κ2) is 3.92. The quantitative estimate of drug-likeness (QED) is 0.629. The Bertz CT molecular complexity index is 292. The number of rotatable bonds is 2. The molecule has 0 fully saturated rings. The third kappa shape index (κ3) is 2.85. The van der Waals surface area contributed by atoms with Gasteiger partial charge >= 0.3 is 0 Å². The van der Waals surface area contributed by atoms with Gasteiger partial charge in [0.25, 0.3) is 0 Å². The van der Waals surface area contributed by atoms with Gasteiger partial charge in [-0.3, -0.25) is 0 Å². The monoisotopic (exact) mass is 190 g/mol. The second-order valence-electron chi connectivity index (χ2n) is 4.31. The third-order valence-electron chi connectivity index (χ3n) is 2.17. The Morgan fingerprint density at radius 3 is 2.08 bits per heavy atom. The summed E-state index contributed by atoms with van der Waals surface area (Å²) in [5.74, 6) is 0. The van der Waals surface area contributed by atoms with Crippen molar-refractivity contribution < 1.29 is 0 Å². The smallest absolute Gasteiger partial charge is 0.0916 e. The molecule has 0 N–H and O–H groups in total. The molecule has 70 valence electrons. The molecule has 0 bridgehead atoms. The molecule has 0 aliphatic rings. The molecule has 1 heteroatoms. The average Bonchev–Trinajstić information content (AvgIpc) is 2.04. The Morgan fingerprint density at radius 1 is 1.08 bits per heavy atom. The first-order valence-electron chi connectivity index (χ1n) is 4.74. The van der Waals surface area contributed by atoms with Gasteiger partial charge in [-0.2, -0.15) is 0 Å². The van der Waals surface area contributed by atoms with Crippen LogP contribution in [-0.4, -0.2) is 8.07 Å². The summed E-state index contributed by atoms with van der Waals surface area (Å²) in [5, 5.41) is 1.51. The van der Waals surface area contributed by atoms with Crippen LogP contribution in [0.25, 0.3) is 0 Å². The Kier molecular flexibility index (Phi) is 3.10. The van der Waals surface area contributed by atoms with Crippen LogP contribution in [0.5, 0.6) is 0 Å². The van der Waals surface area contributed by atoms with Crippen molar-refractivity contribution in [3.8, 4) is 0 Å². The van der Waals surface area contributed by atoms with Crippen LogP contribution in [0.4, 0.5) is 0 Å². The first-order valence-corrected chi connectivity index (χ1v) is 7.82. The maximum atomic E-state index is 2.45. The van der Waals surface area contributed by atoms with E-state index in [0.717, 1.165) is 0 Å². The van der Waals surface area contributed by atoms with E-state index in [-0.39, 0.29) is 0 Å². The van der Waals surface area contributed by atoms with Crippen LogP contribution in [0.3, 0.4) is 0 Å². The minimum Gasteiger partial charge on any atom is -0.0916 e. The lowest BCUT2D eigenvalue weighted by Gasteiger charge is -2.18. The van der Waals surface area contributed by atoms with Gasteiger partial charge < -0.3 is 0 Å². The lowest BCUT2D eigenvalue weighted by atomic mass is 10.4. The van der Waals surface area contributed by atoms with Gasteiger partial charge in [0, 0.05) is 0 Å². The largest absolute Gasteiger partial charge is 0.104 e. The highest BCUT2D eigenvalue weighted by Gasteiger charge is 2.19. The molecule has 1 aromatic rings. The Hall–Kier alpha value is -0.823. The predicted octanol–water partition coefficient (Wildman–Crippen LogP) is 3.11. The van der Waals surface area contributed by atoms with Crippen molar-refractivity contribution in [3.63, 3.8) is 0 Å². The highest BCUT2D eigenvalue weighted by Crippen LogP contribution is 2.07. The van der Waals surface area contributed by atoms with E-state index in [1.165, 1.54) is 10.8 Å². The van der Waals surface area contributed by atoms with Crippen molar-refractivity contribution in [1.29, 1.82) is 0 Å². The molecule has 0 aliphatic carbocycles. The third-order valence-corrected chi connectivity index (χ3v) is 5.29. The highest BCUT2D eigenvalue weighted by atomic mass is 28.3. The van der Waals surface area contributed by atoms with Gasteiger partial charge in [-0.15, -0.1) is 0 Å². The Balaban J connectivity index is 3.01. The Labute approximate surface area is 82.3 Å². The summed E-state index contributed by atoms with van der Waals surface area (Å²) < 4.78 is 0. The molecule has 13 heavy (non-hydrogen) atoms. The number of allylic oxidation sites excluding steroid dienone is 1. The van der Waals surface area contributed by atoms with E-state index in [2.05, 4.69) is 63.0 Å². The molecule has 0 nitrogen and oxygen atoms in total. The lowest BCUT2D eigenvalue weighted by molar-refractivity contribution is 1.40. The van der Waals surface area contributed by atoms with Gasteiger partial charge in [-0.25, -0.2) is 0 Å². The van der Waals surface area contributed by atoms with E-state index in [1.807, 2.05) is 0 Å². The molecule has 0 saturated heterocycles. The summed E-state index contributed by atoms with van der Waals surface area (Å²) in [7, 11) is -1.30. The number of hydrogen-bond acceptors (Lipinski definition) is 0. The van der Waals surface area contributed by atoms with Crippen LogP contribution in [-0.2, 0) is 0 Å². The molecule has 0 radical (unpaired) electrons. The van der Waals surface area contributed by atoms with E-state index in [9.17, 15) is 0 Å². The van der Waals surface area contributed by atoms with Gasteiger partial charge in [0.1, 0.15) is 8.07 Å². The highest BCUT2D eigenvalue weighted by molar-refractivity contribution is 6.94. The zero-order valence-electron chi connectivity index (χ0n) is 8.96. The maximum absolute atomic E-state index is 2.45. The van der Waals surface area contributed by atoms with Crippen LogP contribution in [0.2, 0.25) is 13.1 Å². The van der Waals surface area contributed by atoms with E-state index in [4.69, 9.17) is 0 Å². The van der Waals surface area contributed by atoms with Crippen molar-refractivity contribution in [2.75, 3.05) is 0 Å². The van der Waals surface area contributed by atoms with Crippen molar-refractivity contribution in [1.82, 2.24) is 0 Å². The van der Waals surface area contributed by atoms with Gasteiger partial charge in [0.15, 0.2) is 0 Å². The van der Waals surface area contributed by atoms with Gasteiger partial charge in [0.05, 0.1) is 0 Å². The molecule has 0 saturated carbocycles. The maximum Gasteiger partial charge on any atom is 0.104 e. The fraction of sp³-hybridized carbons (Fsp3) is 0.333. The minimum atomic E-state index is -1.30. The van der Waals surface area contributed by atoms with Gasteiger partial charge in [-0.05, 0) is 13.8 Å². The lowest BCUT2D eigenvalue weighted by Crippen LogP contribution is -2.39. The fourth-order valence-electron chi connectivity index (χ4n) is 1.67. The van der Waals surface area contributed by atoms with Crippen LogP contribution in [0.1, 0.15) is 13.8 Å². The molecular formula is C12H18Si. The second-order valence-corrected chi connectivity index (χ2v) is 8.62. The topological polar surface area (TPSA) is 0 Å². The van der Waals surface area contributed by atoms with E-state index < -0.39 is 8.07 Å². The molecule has 0 aromatic heterocycles. The molecule has 0 aliphatic heterocycles. The van der Waals surface area contributed by atoms with Crippen molar-refractivity contribution in [2.24, 2.45) is 0 Å². The van der Waals surface area contributed by atoms with Crippen LogP contribution < -0.4 is 5.19 Å². The van der Waals surface area contributed by atoms with Crippen LogP contribution >= 0.6 is 0 Å². The number of hydrogen-bond donors (Lipinski definition) is 0. The van der Waals surface area contributed by atoms with E-state index in [1.54, 1.807) is 0 Å². The summed E-state index contributed by atoms with van der Waals surface area (Å²) >= 11 is 0.